The normalized spacial score (nSPS) is 10.7. The third kappa shape index (κ3) is 4.80. The first-order chi connectivity index (χ1) is 11.8. The fourth-order valence-corrected chi connectivity index (χ4v) is 3.33. The molecule has 2 aromatic carbocycles. The van der Waals surface area contributed by atoms with E-state index in [0.29, 0.717) is 26.0 Å². The first kappa shape index (κ1) is 16.5. The number of thiazole rings is 1. The molecule has 0 unspecified atom stereocenters. The number of fused-ring (bicyclic) bond motifs is 1. The molecule has 24 heavy (non-hydrogen) atoms. The van der Waals surface area contributed by atoms with E-state index in [0.717, 1.165) is 22.7 Å². The Morgan fingerprint density at radius 3 is 2.71 bits per heavy atom. The maximum atomic E-state index is 11.8. The van der Waals surface area contributed by atoms with Crippen molar-refractivity contribution in [1.82, 2.24) is 10.3 Å². The van der Waals surface area contributed by atoms with Crippen LogP contribution in [-0.2, 0) is 11.2 Å². The number of rotatable bonds is 8. The molecule has 1 amide bonds. The van der Waals surface area contributed by atoms with Crippen LogP contribution < -0.4 is 10.1 Å². The average molecular weight is 340 g/mol. The zero-order chi connectivity index (χ0) is 16.6. The molecule has 5 heteroatoms. The molecule has 1 heterocycles. The van der Waals surface area contributed by atoms with Gasteiger partial charge in [-0.25, -0.2) is 4.98 Å². The number of hydrogen-bond donors (Lipinski definition) is 1. The molecule has 0 fully saturated rings. The highest BCUT2D eigenvalue weighted by molar-refractivity contribution is 7.18. The van der Waals surface area contributed by atoms with E-state index in [2.05, 4.69) is 16.4 Å². The van der Waals surface area contributed by atoms with Crippen molar-refractivity contribution in [2.45, 2.75) is 19.3 Å². The Kier molecular flexibility index (Phi) is 5.80. The molecule has 0 aliphatic rings. The predicted octanol–water partition coefficient (Wildman–Crippen LogP) is 3.81. The van der Waals surface area contributed by atoms with E-state index in [4.69, 9.17) is 4.74 Å². The van der Waals surface area contributed by atoms with Gasteiger partial charge in [-0.15, -0.1) is 11.3 Å². The van der Waals surface area contributed by atoms with E-state index < -0.39 is 0 Å². The molecule has 0 atom stereocenters. The highest BCUT2D eigenvalue weighted by atomic mass is 32.1. The fourth-order valence-electron chi connectivity index (χ4n) is 2.36. The maximum absolute atomic E-state index is 11.8. The van der Waals surface area contributed by atoms with Crippen molar-refractivity contribution in [1.29, 1.82) is 0 Å². The smallest absolute Gasteiger partial charge is 0.220 e. The second-order valence-electron chi connectivity index (χ2n) is 5.44. The number of ether oxygens (including phenoxy) is 1. The summed E-state index contributed by atoms with van der Waals surface area (Å²) in [7, 11) is 0. The van der Waals surface area contributed by atoms with Gasteiger partial charge in [0.15, 0.2) is 0 Å². The second kappa shape index (κ2) is 8.45. The average Bonchev–Trinajstić information content (AvgIpc) is 3.02. The van der Waals surface area contributed by atoms with E-state index in [1.165, 1.54) is 4.70 Å². The summed E-state index contributed by atoms with van der Waals surface area (Å²) in [6.07, 6.45) is 1.96. The lowest BCUT2D eigenvalue weighted by Gasteiger charge is -2.06. The lowest BCUT2D eigenvalue weighted by atomic mass is 10.3. The molecule has 1 N–H and O–H groups in total. The number of nitrogens with one attached hydrogen (secondary N) is 1. The second-order valence-corrected chi connectivity index (χ2v) is 6.56. The Morgan fingerprint density at radius 1 is 1.08 bits per heavy atom. The Bertz CT molecular complexity index is 753. The summed E-state index contributed by atoms with van der Waals surface area (Å²) in [5.41, 5.74) is 1.03. The molecule has 0 bridgehead atoms. The van der Waals surface area contributed by atoms with E-state index >= 15 is 0 Å². The number of carbonyl (C=O) groups excluding carboxylic acids is 1. The highest BCUT2D eigenvalue weighted by Gasteiger charge is 2.05. The summed E-state index contributed by atoms with van der Waals surface area (Å²) in [6.45, 7) is 1.17. The van der Waals surface area contributed by atoms with E-state index in [1.807, 2.05) is 48.5 Å². The highest BCUT2D eigenvalue weighted by Crippen LogP contribution is 2.21. The number of amides is 1. The number of carbonyl (C=O) groups is 1. The Labute approximate surface area is 145 Å². The fraction of sp³-hybridized carbons (Fsp3) is 0.263. The Morgan fingerprint density at radius 2 is 1.88 bits per heavy atom. The zero-order valence-corrected chi connectivity index (χ0v) is 14.2. The molecular weight excluding hydrogens is 320 g/mol. The lowest BCUT2D eigenvalue weighted by molar-refractivity contribution is -0.121. The van der Waals surface area contributed by atoms with Crippen LogP contribution in [0, 0.1) is 0 Å². The third-order valence-electron chi connectivity index (χ3n) is 3.56. The van der Waals surface area contributed by atoms with Gasteiger partial charge in [0.2, 0.25) is 5.91 Å². The van der Waals surface area contributed by atoms with E-state index in [-0.39, 0.29) is 5.91 Å². The predicted molar refractivity (Wildman–Crippen MR) is 97.5 cm³/mol. The molecule has 3 rings (SSSR count). The monoisotopic (exact) mass is 340 g/mol. The van der Waals surface area contributed by atoms with Crippen molar-refractivity contribution in [2.24, 2.45) is 0 Å². The first-order valence-electron chi connectivity index (χ1n) is 8.10. The molecule has 0 aliphatic carbocycles. The molecular formula is C19H20N2O2S. The van der Waals surface area contributed by atoms with Crippen molar-refractivity contribution < 1.29 is 9.53 Å². The quantitative estimate of drug-likeness (QED) is 0.634. The van der Waals surface area contributed by atoms with Gasteiger partial charge in [-0.05, 0) is 30.7 Å². The summed E-state index contributed by atoms with van der Waals surface area (Å²) in [5, 5.41) is 4.01. The van der Waals surface area contributed by atoms with Gasteiger partial charge in [-0.2, -0.15) is 0 Å². The van der Waals surface area contributed by atoms with Crippen LogP contribution in [0.5, 0.6) is 5.75 Å². The van der Waals surface area contributed by atoms with Crippen molar-refractivity contribution >= 4 is 27.5 Å². The molecule has 0 radical (unpaired) electrons. The Balaban J connectivity index is 1.32. The molecule has 124 valence electrons. The number of benzene rings is 2. The van der Waals surface area contributed by atoms with Gasteiger partial charge in [0.25, 0.3) is 0 Å². The number of nitrogens with zero attached hydrogens (tertiary/aromatic N) is 1. The van der Waals surface area contributed by atoms with Crippen LogP contribution in [0.4, 0.5) is 0 Å². The number of aromatic nitrogens is 1. The molecule has 1 aromatic heterocycles. The van der Waals surface area contributed by atoms with Crippen LogP contribution in [-0.4, -0.2) is 24.0 Å². The summed E-state index contributed by atoms with van der Waals surface area (Å²) in [5.74, 6) is 0.904. The van der Waals surface area contributed by atoms with Crippen LogP contribution >= 0.6 is 11.3 Å². The van der Waals surface area contributed by atoms with Crippen molar-refractivity contribution in [3.8, 4) is 5.75 Å². The first-order valence-corrected chi connectivity index (χ1v) is 8.92. The third-order valence-corrected chi connectivity index (χ3v) is 4.66. The van der Waals surface area contributed by atoms with Gasteiger partial charge in [0, 0.05) is 19.4 Å². The standard InChI is InChI=1S/C19H20N2O2S/c22-18(11-6-14-23-15-7-2-1-3-8-15)20-13-12-19-21-16-9-4-5-10-17(16)24-19/h1-5,7-10H,6,11-14H2,(H,20,22). The summed E-state index contributed by atoms with van der Waals surface area (Å²) in [4.78, 5) is 16.4. The van der Waals surface area contributed by atoms with Gasteiger partial charge < -0.3 is 10.1 Å². The van der Waals surface area contributed by atoms with Crippen LogP contribution in [0.2, 0.25) is 0 Å². The number of hydrogen-bond acceptors (Lipinski definition) is 4. The van der Waals surface area contributed by atoms with Gasteiger partial charge >= 0.3 is 0 Å². The van der Waals surface area contributed by atoms with Gasteiger partial charge in [0.05, 0.1) is 21.8 Å². The zero-order valence-electron chi connectivity index (χ0n) is 13.4. The SMILES string of the molecule is O=C(CCCOc1ccccc1)NCCc1nc2ccccc2s1. The summed E-state index contributed by atoms with van der Waals surface area (Å²) < 4.78 is 6.77. The Hall–Kier alpha value is -2.40. The van der Waals surface area contributed by atoms with Gasteiger partial charge in [-0.3, -0.25) is 4.79 Å². The molecule has 3 aromatic rings. The summed E-state index contributed by atoms with van der Waals surface area (Å²) >= 11 is 1.69. The van der Waals surface area contributed by atoms with Crippen molar-refractivity contribution in [3.63, 3.8) is 0 Å². The minimum atomic E-state index is 0.0628. The van der Waals surface area contributed by atoms with Crippen LogP contribution in [0.3, 0.4) is 0 Å². The van der Waals surface area contributed by atoms with Gasteiger partial charge in [0.1, 0.15) is 5.75 Å². The van der Waals surface area contributed by atoms with Crippen molar-refractivity contribution in [2.75, 3.05) is 13.2 Å². The van der Waals surface area contributed by atoms with Crippen LogP contribution in [0.15, 0.2) is 54.6 Å². The largest absolute Gasteiger partial charge is 0.494 e. The minimum absolute atomic E-state index is 0.0628. The molecule has 0 saturated carbocycles. The molecule has 0 saturated heterocycles. The minimum Gasteiger partial charge on any atom is -0.494 e. The lowest BCUT2D eigenvalue weighted by Crippen LogP contribution is -2.25. The van der Waals surface area contributed by atoms with Crippen molar-refractivity contribution in [3.05, 3.63) is 59.6 Å². The van der Waals surface area contributed by atoms with Crippen LogP contribution in [0.1, 0.15) is 17.8 Å². The van der Waals surface area contributed by atoms with Crippen LogP contribution in [0.25, 0.3) is 10.2 Å². The maximum Gasteiger partial charge on any atom is 0.220 e. The summed E-state index contributed by atoms with van der Waals surface area (Å²) in [6, 6.07) is 17.7. The topological polar surface area (TPSA) is 51.2 Å². The van der Waals surface area contributed by atoms with E-state index in [9.17, 15) is 4.79 Å². The molecule has 0 aliphatic heterocycles. The molecule has 0 spiro atoms. The van der Waals surface area contributed by atoms with Gasteiger partial charge in [-0.1, -0.05) is 30.3 Å². The van der Waals surface area contributed by atoms with E-state index in [1.54, 1.807) is 11.3 Å². The number of para-hydroxylation sites is 2. The molecule has 4 nitrogen and oxygen atoms in total.